The lowest BCUT2D eigenvalue weighted by Gasteiger charge is -2.15. The molecule has 1 aliphatic heterocycles. The van der Waals surface area contributed by atoms with Crippen molar-refractivity contribution in [3.05, 3.63) is 52.7 Å². The molecule has 0 amide bonds. The van der Waals surface area contributed by atoms with E-state index >= 15 is 0 Å². The van der Waals surface area contributed by atoms with E-state index in [0.717, 1.165) is 42.7 Å². The Morgan fingerprint density at radius 2 is 2.19 bits per heavy atom. The number of rotatable bonds is 4. The molecule has 4 heteroatoms. The number of nitrogens with zero attached hydrogens (tertiary/aromatic N) is 2. The van der Waals surface area contributed by atoms with Crippen LogP contribution in [-0.4, -0.2) is 23.0 Å². The summed E-state index contributed by atoms with van der Waals surface area (Å²) in [4.78, 5) is 6.98. The molecule has 0 radical (unpaired) electrons. The monoisotopic (exact) mass is 304 g/mol. The minimum atomic E-state index is 0.341. The third-order valence-corrected chi connectivity index (χ3v) is 4.41. The maximum Gasteiger partial charge on any atom is 0.196 e. The minimum absolute atomic E-state index is 0.341. The molecule has 1 saturated heterocycles. The van der Waals surface area contributed by atoms with E-state index in [-0.39, 0.29) is 0 Å². The molecule has 3 nitrogen and oxygen atoms in total. The Bertz CT molecular complexity index is 608. The van der Waals surface area contributed by atoms with Crippen molar-refractivity contribution in [2.24, 2.45) is 0 Å². The fourth-order valence-corrected chi connectivity index (χ4v) is 3.22. The summed E-state index contributed by atoms with van der Waals surface area (Å²) >= 11 is 6.30. The summed E-state index contributed by atoms with van der Waals surface area (Å²) in [6, 6.07) is 8.17. The van der Waals surface area contributed by atoms with Crippen molar-refractivity contribution in [1.29, 1.82) is 0 Å². The van der Waals surface area contributed by atoms with Crippen molar-refractivity contribution >= 4 is 11.6 Å². The molecule has 1 aromatic heterocycles. The third-order valence-electron chi connectivity index (χ3n) is 4.07. The van der Waals surface area contributed by atoms with Gasteiger partial charge in [0.05, 0.1) is 5.69 Å². The highest BCUT2D eigenvalue weighted by Crippen LogP contribution is 2.32. The third kappa shape index (κ3) is 3.30. The summed E-state index contributed by atoms with van der Waals surface area (Å²) in [7, 11) is 0. The quantitative estimate of drug-likeness (QED) is 0.836. The van der Waals surface area contributed by atoms with Crippen molar-refractivity contribution in [2.75, 3.05) is 13.1 Å². The Labute approximate surface area is 130 Å². The minimum Gasteiger partial charge on any atom is -0.448 e. The first-order valence-corrected chi connectivity index (χ1v) is 7.92. The Hall–Kier alpha value is -1.32. The van der Waals surface area contributed by atoms with E-state index in [4.69, 9.17) is 16.0 Å². The summed E-state index contributed by atoms with van der Waals surface area (Å²) in [5.41, 5.74) is 2.29. The molecular formula is C17H21ClN2O. The Kier molecular flexibility index (Phi) is 4.32. The Morgan fingerprint density at radius 1 is 1.38 bits per heavy atom. The van der Waals surface area contributed by atoms with Crippen molar-refractivity contribution < 1.29 is 4.42 Å². The van der Waals surface area contributed by atoms with Crippen LogP contribution in [-0.2, 0) is 6.54 Å². The maximum atomic E-state index is 6.30. The van der Waals surface area contributed by atoms with Gasteiger partial charge in [-0.25, -0.2) is 4.98 Å². The summed E-state index contributed by atoms with van der Waals surface area (Å²) in [6.45, 7) is 7.17. The van der Waals surface area contributed by atoms with Gasteiger partial charge in [-0.05, 0) is 30.5 Å². The van der Waals surface area contributed by atoms with Gasteiger partial charge in [-0.3, -0.25) is 4.90 Å². The van der Waals surface area contributed by atoms with Gasteiger partial charge in [0.15, 0.2) is 5.89 Å². The number of hydrogen-bond donors (Lipinski definition) is 0. The number of aromatic nitrogens is 1. The lowest BCUT2D eigenvalue weighted by molar-refractivity contribution is 0.322. The molecule has 0 spiro atoms. The van der Waals surface area contributed by atoms with E-state index in [9.17, 15) is 0 Å². The van der Waals surface area contributed by atoms with E-state index in [1.807, 2.05) is 12.1 Å². The fraction of sp³-hybridized carbons (Fsp3) is 0.471. The molecule has 1 aromatic carbocycles. The van der Waals surface area contributed by atoms with Gasteiger partial charge >= 0.3 is 0 Å². The standard InChI is InChI=1S/C17H21ClN2O/c1-12(2)17-19-14(11-21-17)10-20-8-7-13(9-20)15-5-3-4-6-16(15)18/h3-6,11-13H,7-10H2,1-2H3/t13-/m1/s1. The molecule has 3 rings (SSSR count). The van der Waals surface area contributed by atoms with Crippen LogP contribution in [0.2, 0.25) is 5.02 Å². The largest absolute Gasteiger partial charge is 0.448 e. The van der Waals surface area contributed by atoms with Crippen molar-refractivity contribution in [3.8, 4) is 0 Å². The first-order chi connectivity index (χ1) is 10.1. The van der Waals surface area contributed by atoms with E-state index in [1.165, 1.54) is 5.56 Å². The van der Waals surface area contributed by atoms with Crippen LogP contribution in [0.1, 0.15) is 49.3 Å². The lowest BCUT2D eigenvalue weighted by atomic mass is 9.98. The molecule has 2 heterocycles. The normalized spacial score (nSPS) is 19.5. The number of oxazole rings is 1. The van der Waals surface area contributed by atoms with E-state index in [0.29, 0.717) is 11.8 Å². The second-order valence-electron chi connectivity index (χ2n) is 6.07. The van der Waals surface area contributed by atoms with Crippen LogP contribution in [0, 0.1) is 0 Å². The molecule has 1 atom stereocenters. The van der Waals surface area contributed by atoms with Crippen LogP contribution in [0.3, 0.4) is 0 Å². The topological polar surface area (TPSA) is 29.3 Å². The summed E-state index contributed by atoms with van der Waals surface area (Å²) < 4.78 is 5.51. The highest BCUT2D eigenvalue weighted by molar-refractivity contribution is 6.31. The second-order valence-corrected chi connectivity index (χ2v) is 6.48. The number of likely N-dealkylation sites (tertiary alicyclic amines) is 1. The molecule has 1 aliphatic rings. The van der Waals surface area contributed by atoms with Gasteiger partial charge in [-0.1, -0.05) is 43.6 Å². The molecule has 2 aromatic rings. The predicted molar refractivity (Wildman–Crippen MR) is 84.7 cm³/mol. The SMILES string of the molecule is CC(C)c1nc(CN2CC[C@@H](c3ccccc3Cl)C2)co1. The van der Waals surface area contributed by atoms with Gasteiger partial charge in [0.1, 0.15) is 6.26 Å². The highest BCUT2D eigenvalue weighted by atomic mass is 35.5. The van der Waals surface area contributed by atoms with E-state index in [1.54, 1.807) is 6.26 Å². The van der Waals surface area contributed by atoms with Crippen molar-refractivity contribution in [2.45, 2.75) is 38.6 Å². The van der Waals surface area contributed by atoms with Gasteiger partial charge < -0.3 is 4.42 Å². The van der Waals surface area contributed by atoms with E-state index in [2.05, 4.69) is 35.9 Å². The van der Waals surface area contributed by atoms with Gasteiger partial charge in [-0.2, -0.15) is 0 Å². The smallest absolute Gasteiger partial charge is 0.196 e. The van der Waals surface area contributed by atoms with Gasteiger partial charge in [0, 0.05) is 24.0 Å². The highest BCUT2D eigenvalue weighted by Gasteiger charge is 2.25. The zero-order valence-corrected chi connectivity index (χ0v) is 13.3. The Balaban J connectivity index is 1.63. The average molecular weight is 305 g/mol. The van der Waals surface area contributed by atoms with Crippen LogP contribution >= 0.6 is 11.6 Å². The van der Waals surface area contributed by atoms with Crippen molar-refractivity contribution in [1.82, 2.24) is 9.88 Å². The van der Waals surface area contributed by atoms with Crippen molar-refractivity contribution in [3.63, 3.8) is 0 Å². The number of benzene rings is 1. The van der Waals surface area contributed by atoms with Crippen LogP contribution in [0.25, 0.3) is 0 Å². The molecule has 0 N–H and O–H groups in total. The molecule has 112 valence electrons. The first-order valence-electron chi connectivity index (χ1n) is 7.54. The van der Waals surface area contributed by atoms with Gasteiger partial charge in [0.25, 0.3) is 0 Å². The summed E-state index contributed by atoms with van der Waals surface area (Å²) in [6.07, 6.45) is 2.94. The molecule has 0 saturated carbocycles. The molecular weight excluding hydrogens is 284 g/mol. The average Bonchev–Trinajstić information content (AvgIpc) is 3.09. The number of halogens is 1. The molecule has 0 aliphatic carbocycles. The summed E-state index contributed by atoms with van der Waals surface area (Å²) in [5, 5.41) is 0.882. The predicted octanol–water partition coefficient (Wildman–Crippen LogP) is 4.44. The maximum absolute atomic E-state index is 6.30. The fourth-order valence-electron chi connectivity index (χ4n) is 2.93. The Morgan fingerprint density at radius 3 is 2.90 bits per heavy atom. The van der Waals surface area contributed by atoms with Crippen LogP contribution in [0.15, 0.2) is 34.9 Å². The van der Waals surface area contributed by atoms with Crippen LogP contribution in [0.5, 0.6) is 0 Å². The summed E-state index contributed by atoms with van der Waals surface area (Å²) in [5.74, 6) is 1.69. The van der Waals surface area contributed by atoms with Crippen LogP contribution < -0.4 is 0 Å². The molecule has 21 heavy (non-hydrogen) atoms. The van der Waals surface area contributed by atoms with Gasteiger partial charge in [-0.15, -0.1) is 0 Å². The first kappa shape index (κ1) is 14.6. The van der Waals surface area contributed by atoms with Crippen LogP contribution in [0.4, 0.5) is 0 Å². The lowest BCUT2D eigenvalue weighted by Crippen LogP contribution is -2.20. The van der Waals surface area contributed by atoms with Gasteiger partial charge in [0.2, 0.25) is 0 Å². The molecule has 0 bridgehead atoms. The van der Waals surface area contributed by atoms with E-state index < -0.39 is 0 Å². The molecule has 0 unspecified atom stereocenters. The second kappa shape index (κ2) is 6.20. The number of hydrogen-bond acceptors (Lipinski definition) is 3. The zero-order valence-electron chi connectivity index (χ0n) is 12.6. The zero-order chi connectivity index (χ0) is 14.8. The molecule has 1 fully saturated rings.